The Morgan fingerprint density at radius 3 is 2.13 bits per heavy atom. The van der Waals surface area contributed by atoms with Crippen LogP contribution in [0.25, 0.3) is 16.9 Å². The van der Waals surface area contributed by atoms with Crippen molar-refractivity contribution < 1.29 is 28.6 Å². The van der Waals surface area contributed by atoms with E-state index in [0.29, 0.717) is 34.7 Å². The second-order valence-corrected chi connectivity index (χ2v) is 12.4. The van der Waals surface area contributed by atoms with Crippen LogP contribution >= 0.6 is 0 Å². The average Bonchev–Trinajstić information content (AvgIpc) is 3.41. The van der Waals surface area contributed by atoms with E-state index in [-0.39, 0.29) is 37.1 Å². The highest BCUT2D eigenvalue weighted by Gasteiger charge is 2.38. The van der Waals surface area contributed by atoms with Crippen molar-refractivity contribution in [2.75, 3.05) is 19.8 Å². The van der Waals surface area contributed by atoms with E-state index in [0.717, 1.165) is 39.8 Å². The lowest BCUT2D eigenvalue weighted by Gasteiger charge is -2.36. The Labute approximate surface area is 273 Å². The summed E-state index contributed by atoms with van der Waals surface area (Å²) >= 11 is 0. The molecule has 1 amide bonds. The molecule has 0 radical (unpaired) electrons. The first-order valence-corrected chi connectivity index (χ1v) is 15.8. The molecule has 7 rings (SSSR count). The summed E-state index contributed by atoms with van der Waals surface area (Å²) in [6, 6.07) is 30.5. The third-order valence-electron chi connectivity index (χ3n) is 8.84. The quantitative estimate of drug-likeness (QED) is 0.170. The minimum atomic E-state index is -0.573. The van der Waals surface area contributed by atoms with Gasteiger partial charge in [0, 0.05) is 22.6 Å². The third kappa shape index (κ3) is 5.94. The zero-order chi connectivity index (χ0) is 32.5. The molecule has 1 heterocycles. The molecule has 0 fully saturated rings. The Bertz CT molecular complexity index is 1910. The van der Waals surface area contributed by atoms with Gasteiger partial charge in [0.15, 0.2) is 0 Å². The highest BCUT2D eigenvalue weighted by molar-refractivity contribution is 6.54. The molecule has 3 aliphatic rings. The van der Waals surface area contributed by atoms with Crippen LogP contribution < -0.4 is 5.32 Å². The van der Waals surface area contributed by atoms with E-state index < -0.39 is 12.1 Å². The highest BCUT2D eigenvalue weighted by Crippen LogP contribution is 2.45. The molecule has 0 bridgehead atoms. The molecule has 0 aromatic heterocycles. The van der Waals surface area contributed by atoms with Crippen LogP contribution in [0, 0.1) is 0 Å². The number of benzene rings is 4. The number of hydrogen-bond donors (Lipinski definition) is 1. The number of fused-ring (bicyclic) bond motifs is 5. The first kappa shape index (κ1) is 30.2. The molecule has 236 valence electrons. The lowest BCUT2D eigenvalue weighted by Crippen LogP contribution is -2.34. The molecule has 1 aliphatic heterocycles. The molecule has 0 atom stereocenters. The van der Waals surface area contributed by atoms with Crippen molar-refractivity contribution in [1.82, 2.24) is 5.32 Å². The number of carbonyl (C=O) groups excluding carboxylic acids is 3. The summed E-state index contributed by atoms with van der Waals surface area (Å²) in [6.45, 7) is 4.35. The molecule has 0 saturated heterocycles. The SMILES string of the molecule is CC1(C)CCC2=C(O1)c1ccccc1/C(=N/c1ccc(C(=O)OCCNC(=O)OCC3c4ccccc4-c4ccccc43)cc1)C2=O. The number of nitrogens with zero attached hydrogens (tertiary/aromatic N) is 1. The van der Waals surface area contributed by atoms with Crippen LogP contribution in [-0.4, -0.2) is 48.9 Å². The number of rotatable bonds is 7. The molecule has 8 heteroatoms. The summed E-state index contributed by atoms with van der Waals surface area (Å²) in [5.74, 6) is -0.0590. The van der Waals surface area contributed by atoms with E-state index in [1.54, 1.807) is 24.3 Å². The van der Waals surface area contributed by atoms with E-state index in [1.165, 1.54) is 0 Å². The second kappa shape index (κ2) is 12.4. The van der Waals surface area contributed by atoms with Gasteiger partial charge in [-0.2, -0.15) is 0 Å². The topological polar surface area (TPSA) is 103 Å². The number of amides is 1. The molecule has 0 saturated carbocycles. The predicted octanol–water partition coefficient (Wildman–Crippen LogP) is 7.39. The van der Waals surface area contributed by atoms with Gasteiger partial charge in [-0.15, -0.1) is 0 Å². The Hall–Kier alpha value is -5.50. The van der Waals surface area contributed by atoms with Gasteiger partial charge in [-0.1, -0.05) is 72.8 Å². The number of esters is 1. The van der Waals surface area contributed by atoms with Gasteiger partial charge in [0.2, 0.25) is 5.78 Å². The van der Waals surface area contributed by atoms with Crippen molar-refractivity contribution in [3.05, 3.63) is 130 Å². The third-order valence-corrected chi connectivity index (χ3v) is 8.84. The number of nitrogens with one attached hydrogen (secondary N) is 1. The van der Waals surface area contributed by atoms with Gasteiger partial charge < -0.3 is 19.5 Å². The minimum absolute atomic E-state index is 0.0192. The zero-order valence-electron chi connectivity index (χ0n) is 26.2. The van der Waals surface area contributed by atoms with Gasteiger partial charge in [-0.25, -0.2) is 14.6 Å². The summed E-state index contributed by atoms with van der Waals surface area (Å²) < 4.78 is 17.1. The van der Waals surface area contributed by atoms with E-state index >= 15 is 0 Å². The van der Waals surface area contributed by atoms with Crippen LogP contribution in [0.2, 0.25) is 0 Å². The Kier molecular flexibility index (Phi) is 7.93. The van der Waals surface area contributed by atoms with Crippen molar-refractivity contribution in [1.29, 1.82) is 0 Å². The Morgan fingerprint density at radius 2 is 1.45 bits per heavy atom. The number of ether oxygens (including phenoxy) is 3. The number of ketones is 1. The van der Waals surface area contributed by atoms with Gasteiger partial charge in [-0.05, 0) is 73.2 Å². The predicted molar refractivity (Wildman–Crippen MR) is 179 cm³/mol. The molecule has 2 aliphatic carbocycles. The standard InChI is InChI=1S/C39H34N2O6/c1-39(2)20-19-32-35(42)34(30-13-7-8-14-31(30)36(32)47-39)41-25-17-15-24(16-18-25)37(43)45-22-21-40-38(44)46-23-33-28-11-5-3-9-26(28)27-10-4-6-12-29(27)33/h3-18,33H,19-23H2,1-2H3,(H,40,44)/b41-34-. The molecule has 4 aromatic carbocycles. The zero-order valence-corrected chi connectivity index (χ0v) is 26.2. The maximum Gasteiger partial charge on any atom is 0.407 e. The van der Waals surface area contributed by atoms with Gasteiger partial charge in [-0.3, -0.25) is 4.79 Å². The molecule has 4 aromatic rings. The molecule has 8 nitrogen and oxygen atoms in total. The molecular weight excluding hydrogens is 592 g/mol. The number of hydrogen-bond acceptors (Lipinski definition) is 7. The largest absolute Gasteiger partial charge is 0.487 e. The smallest absolute Gasteiger partial charge is 0.407 e. The maximum atomic E-state index is 13.5. The van der Waals surface area contributed by atoms with Crippen LogP contribution in [0.15, 0.2) is 108 Å². The van der Waals surface area contributed by atoms with E-state index in [9.17, 15) is 14.4 Å². The molecule has 0 spiro atoms. The lowest BCUT2D eigenvalue weighted by molar-refractivity contribution is -0.110. The van der Waals surface area contributed by atoms with Crippen LogP contribution in [0.4, 0.5) is 10.5 Å². The summed E-state index contributed by atoms with van der Waals surface area (Å²) in [6.07, 6.45) is 0.789. The summed E-state index contributed by atoms with van der Waals surface area (Å²) in [7, 11) is 0. The molecule has 0 unspecified atom stereocenters. The number of aliphatic imine (C=N–C) groups is 1. The van der Waals surface area contributed by atoms with Crippen molar-refractivity contribution >= 4 is 35.0 Å². The summed E-state index contributed by atoms with van der Waals surface area (Å²) in [5.41, 5.74) is 7.71. The van der Waals surface area contributed by atoms with Gasteiger partial charge in [0.25, 0.3) is 0 Å². The number of allylic oxidation sites excluding steroid dienone is 1. The lowest BCUT2D eigenvalue weighted by atomic mass is 9.82. The second-order valence-electron chi connectivity index (χ2n) is 12.4. The summed E-state index contributed by atoms with van der Waals surface area (Å²) in [5, 5.41) is 2.65. The van der Waals surface area contributed by atoms with E-state index in [1.807, 2.05) is 62.4 Å². The first-order valence-electron chi connectivity index (χ1n) is 15.8. The first-order chi connectivity index (χ1) is 22.8. The average molecular weight is 627 g/mol. The Morgan fingerprint density at radius 1 is 0.830 bits per heavy atom. The van der Waals surface area contributed by atoms with Crippen LogP contribution in [-0.2, 0) is 19.0 Å². The molecule has 47 heavy (non-hydrogen) atoms. The van der Waals surface area contributed by atoms with Gasteiger partial charge in [0.1, 0.15) is 30.3 Å². The molecular formula is C39H34N2O6. The highest BCUT2D eigenvalue weighted by atomic mass is 16.6. The fourth-order valence-corrected chi connectivity index (χ4v) is 6.46. The van der Waals surface area contributed by atoms with Gasteiger partial charge >= 0.3 is 12.1 Å². The van der Waals surface area contributed by atoms with Crippen LogP contribution in [0.3, 0.4) is 0 Å². The number of Topliss-reactive ketones (excluding diaryl/α,β-unsaturated/α-hetero) is 1. The van der Waals surface area contributed by atoms with Crippen LogP contribution in [0.5, 0.6) is 0 Å². The van der Waals surface area contributed by atoms with Crippen LogP contribution in [0.1, 0.15) is 65.2 Å². The Balaban J connectivity index is 0.928. The monoisotopic (exact) mass is 626 g/mol. The van der Waals surface area contributed by atoms with Crippen molar-refractivity contribution in [2.24, 2.45) is 4.99 Å². The normalized spacial score (nSPS) is 16.8. The molecule has 1 N–H and O–H groups in total. The van der Waals surface area contributed by atoms with Crippen molar-refractivity contribution in [3.8, 4) is 11.1 Å². The summed E-state index contributed by atoms with van der Waals surface area (Å²) in [4.78, 5) is 43.3. The van der Waals surface area contributed by atoms with Crippen molar-refractivity contribution in [2.45, 2.75) is 38.2 Å². The fourth-order valence-electron chi connectivity index (χ4n) is 6.46. The minimum Gasteiger partial charge on any atom is -0.487 e. The van der Waals surface area contributed by atoms with Crippen molar-refractivity contribution in [3.63, 3.8) is 0 Å². The van der Waals surface area contributed by atoms with E-state index in [4.69, 9.17) is 19.2 Å². The number of carbonyl (C=O) groups is 3. The maximum absolute atomic E-state index is 13.5. The fraction of sp³-hybridized carbons (Fsp3) is 0.231. The van der Waals surface area contributed by atoms with E-state index in [2.05, 4.69) is 29.6 Å². The number of alkyl carbamates (subject to hydrolysis) is 1. The van der Waals surface area contributed by atoms with Gasteiger partial charge in [0.05, 0.1) is 17.8 Å².